The number of nitrogens with one attached hydrogen (secondary N) is 1. The van der Waals surface area contributed by atoms with Gasteiger partial charge in [0.2, 0.25) is 0 Å². The second-order valence-electron chi connectivity index (χ2n) is 5.42. The van der Waals surface area contributed by atoms with Crippen molar-refractivity contribution >= 4 is 17.3 Å². The SMILES string of the molecule is CC(C)c1[nH]c(=O)sc1CN1CCCC(C(=O)O)C1. The van der Waals surface area contributed by atoms with Gasteiger partial charge >= 0.3 is 10.8 Å². The minimum Gasteiger partial charge on any atom is -0.481 e. The first-order chi connectivity index (χ1) is 8.97. The molecule has 1 aliphatic rings. The van der Waals surface area contributed by atoms with Gasteiger partial charge in [-0.15, -0.1) is 0 Å². The maximum absolute atomic E-state index is 11.5. The predicted molar refractivity (Wildman–Crippen MR) is 74.7 cm³/mol. The Hall–Kier alpha value is -1.14. The van der Waals surface area contributed by atoms with Gasteiger partial charge in [-0.1, -0.05) is 25.2 Å². The Bertz CT molecular complexity index is 506. The second-order valence-corrected chi connectivity index (χ2v) is 6.49. The first kappa shape index (κ1) is 14.3. The molecule has 1 atom stereocenters. The summed E-state index contributed by atoms with van der Waals surface area (Å²) in [7, 11) is 0. The molecular weight excluding hydrogens is 264 g/mol. The number of aliphatic carboxylic acids is 1. The number of nitrogens with zero attached hydrogens (tertiary/aromatic N) is 1. The van der Waals surface area contributed by atoms with E-state index in [2.05, 4.69) is 23.7 Å². The number of piperidine rings is 1. The molecule has 2 rings (SSSR count). The largest absolute Gasteiger partial charge is 0.481 e. The summed E-state index contributed by atoms with van der Waals surface area (Å²) >= 11 is 1.25. The van der Waals surface area contributed by atoms with Crippen LogP contribution in [0.3, 0.4) is 0 Å². The average Bonchev–Trinajstić information content (AvgIpc) is 2.70. The summed E-state index contributed by atoms with van der Waals surface area (Å²) in [6.07, 6.45) is 1.67. The molecule has 0 spiro atoms. The highest BCUT2D eigenvalue weighted by atomic mass is 32.1. The molecular formula is C13H20N2O3S. The van der Waals surface area contributed by atoms with Crippen LogP contribution in [0, 0.1) is 5.92 Å². The van der Waals surface area contributed by atoms with Crippen molar-refractivity contribution in [3.8, 4) is 0 Å². The van der Waals surface area contributed by atoms with Crippen molar-refractivity contribution in [3.05, 3.63) is 20.2 Å². The minimum absolute atomic E-state index is 0.0227. The third-order valence-electron chi connectivity index (χ3n) is 3.55. The molecule has 1 saturated heterocycles. The predicted octanol–water partition coefficient (Wildman–Crippen LogP) is 1.86. The number of likely N-dealkylation sites (tertiary alicyclic amines) is 1. The number of H-pyrrole nitrogens is 1. The van der Waals surface area contributed by atoms with Gasteiger partial charge < -0.3 is 10.1 Å². The van der Waals surface area contributed by atoms with Crippen molar-refractivity contribution in [2.24, 2.45) is 5.92 Å². The van der Waals surface area contributed by atoms with Crippen LogP contribution in [-0.4, -0.2) is 34.0 Å². The molecule has 19 heavy (non-hydrogen) atoms. The van der Waals surface area contributed by atoms with E-state index in [1.54, 1.807) is 0 Å². The fourth-order valence-corrected chi connectivity index (χ4v) is 3.59. The zero-order chi connectivity index (χ0) is 14.0. The van der Waals surface area contributed by atoms with E-state index in [1.165, 1.54) is 11.3 Å². The fourth-order valence-electron chi connectivity index (χ4n) is 2.56. The molecule has 0 radical (unpaired) electrons. The number of hydrogen-bond acceptors (Lipinski definition) is 4. The molecule has 0 amide bonds. The third kappa shape index (κ3) is 3.45. The van der Waals surface area contributed by atoms with Crippen molar-refractivity contribution in [3.63, 3.8) is 0 Å². The summed E-state index contributed by atoms with van der Waals surface area (Å²) in [4.78, 5) is 28.6. The maximum atomic E-state index is 11.5. The quantitative estimate of drug-likeness (QED) is 0.885. The molecule has 1 aromatic rings. The van der Waals surface area contributed by atoms with Crippen LogP contribution in [0.1, 0.15) is 43.2 Å². The molecule has 106 valence electrons. The zero-order valence-electron chi connectivity index (χ0n) is 11.3. The standard InChI is InChI=1S/C13H20N2O3S/c1-8(2)11-10(19-13(18)14-11)7-15-5-3-4-9(6-15)12(16)17/h8-9H,3-7H2,1-2H3,(H,14,18)(H,16,17). The van der Waals surface area contributed by atoms with E-state index in [9.17, 15) is 9.59 Å². The van der Waals surface area contributed by atoms with Crippen molar-refractivity contribution in [1.82, 2.24) is 9.88 Å². The topological polar surface area (TPSA) is 73.4 Å². The number of aromatic nitrogens is 1. The Morgan fingerprint density at radius 2 is 2.32 bits per heavy atom. The lowest BCUT2D eigenvalue weighted by atomic mass is 9.98. The van der Waals surface area contributed by atoms with Crippen LogP contribution in [0.15, 0.2) is 4.79 Å². The summed E-state index contributed by atoms with van der Waals surface area (Å²) in [5.41, 5.74) is 0.993. The van der Waals surface area contributed by atoms with Gasteiger partial charge in [0.05, 0.1) is 5.92 Å². The number of hydrogen-bond donors (Lipinski definition) is 2. The van der Waals surface area contributed by atoms with E-state index in [-0.39, 0.29) is 16.7 Å². The lowest BCUT2D eigenvalue weighted by molar-refractivity contribution is -0.143. The van der Waals surface area contributed by atoms with Crippen LogP contribution in [0.4, 0.5) is 0 Å². The lowest BCUT2D eigenvalue weighted by Gasteiger charge is -2.30. The molecule has 5 nitrogen and oxygen atoms in total. The molecule has 1 unspecified atom stereocenters. The smallest absolute Gasteiger partial charge is 0.307 e. The normalized spacial score (nSPS) is 20.9. The van der Waals surface area contributed by atoms with E-state index >= 15 is 0 Å². The van der Waals surface area contributed by atoms with Gasteiger partial charge in [0, 0.05) is 23.7 Å². The van der Waals surface area contributed by atoms with Crippen molar-refractivity contribution in [2.75, 3.05) is 13.1 Å². The summed E-state index contributed by atoms with van der Waals surface area (Å²) in [5, 5.41) is 9.09. The molecule has 1 aliphatic heterocycles. The highest BCUT2D eigenvalue weighted by molar-refractivity contribution is 7.09. The third-order valence-corrected chi connectivity index (χ3v) is 4.44. The van der Waals surface area contributed by atoms with Crippen molar-refractivity contribution < 1.29 is 9.90 Å². The first-order valence-electron chi connectivity index (χ1n) is 6.64. The number of carboxylic acids is 1. The highest BCUT2D eigenvalue weighted by Gasteiger charge is 2.26. The van der Waals surface area contributed by atoms with Gasteiger partial charge in [0.25, 0.3) is 0 Å². The molecule has 0 aliphatic carbocycles. The number of aromatic amines is 1. The van der Waals surface area contributed by atoms with E-state index in [4.69, 9.17) is 5.11 Å². The Balaban J connectivity index is 2.08. The van der Waals surface area contributed by atoms with Crippen LogP contribution in [0.25, 0.3) is 0 Å². The highest BCUT2D eigenvalue weighted by Crippen LogP contribution is 2.24. The second kappa shape index (κ2) is 5.88. The Labute approximate surface area is 116 Å². The molecule has 2 heterocycles. The number of carbonyl (C=O) groups is 1. The van der Waals surface area contributed by atoms with Gasteiger partial charge in [0.15, 0.2) is 0 Å². The summed E-state index contributed by atoms with van der Waals surface area (Å²) < 4.78 is 0. The monoisotopic (exact) mass is 284 g/mol. The molecule has 2 N–H and O–H groups in total. The lowest BCUT2D eigenvalue weighted by Crippen LogP contribution is -2.38. The maximum Gasteiger partial charge on any atom is 0.307 e. The Kier molecular flexibility index (Phi) is 4.42. The van der Waals surface area contributed by atoms with E-state index in [1.807, 2.05) is 0 Å². The molecule has 0 saturated carbocycles. The van der Waals surface area contributed by atoms with Crippen molar-refractivity contribution in [2.45, 2.75) is 39.2 Å². The van der Waals surface area contributed by atoms with Gasteiger partial charge in [0.1, 0.15) is 0 Å². The average molecular weight is 284 g/mol. The van der Waals surface area contributed by atoms with Crippen LogP contribution in [0.5, 0.6) is 0 Å². The minimum atomic E-state index is -0.712. The summed E-state index contributed by atoms with van der Waals surface area (Å²) in [5.74, 6) is -0.697. The molecule has 6 heteroatoms. The van der Waals surface area contributed by atoms with Gasteiger partial charge in [-0.3, -0.25) is 14.5 Å². The molecule has 0 aromatic carbocycles. The van der Waals surface area contributed by atoms with Gasteiger partial charge in [-0.2, -0.15) is 0 Å². The van der Waals surface area contributed by atoms with E-state index in [0.717, 1.165) is 30.0 Å². The Morgan fingerprint density at radius 1 is 1.58 bits per heavy atom. The first-order valence-corrected chi connectivity index (χ1v) is 7.46. The zero-order valence-corrected chi connectivity index (χ0v) is 12.1. The van der Waals surface area contributed by atoms with Crippen LogP contribution < -0.4 is 4.87 Å². The molecule has 1 fully saturated rings. The van der Waals surface area contributed by atoms with E-state index < -0.39 is 5.97 Å². The summed E-state index contributed by atoms with van der Waals surface area (Å²) in [6.45, 7) is 6.28. The number of carboxylic acid groups (broad SMARTS) is 1. The van der Waals surface area contributed by atoms with Crippen LogP contribution in [-0.2, 0) is 11.3 Å². The van der Waals surface area contributed by atoms with E-state index in [0.29, 0.717) is 13.1 Å². The number of rotatable bonds is 4. The molecule has 0 bridgehead atoms. The fraction of sp³-hybridized carbons (Fsp3) is 0.692. The van der Waals surface area contributed by atoms with Gasteiger partial charge in [-0.05, 0) is 25.3 Å². The van der Waals surface area contributed by atoms with Crippen LogP contribution in [0.2, 0.25) is 0 Å². The molecule has 1 aromatic heterocycles. The van der Waals surface area contributed by atoms with Crippen molar-refractivity contribution in [1.29, 1.82) is 0 Å². The summed E-state index contributed by atoms with van der Waals surface area (Å²) in [6, 6.07) is 0. The van der Waals surface area contributed by atoms with Gasteiger partial charge in [-0.25, -0.2) is 0 Å². The number of thiazole rings is 1. The van der Waals surface area contributed by atoms with Crippen LogP contribution >= 0.6 is 11.3 Å². The Morgan fingerprint density at radius 3 is 2.95 bits per heavy atom.